The van der Waals surface area contributed by atoms with Gasteiger partial charge in [-0.25, -0.2) is 4.98 Å². The second kappa shape index (κ2) is 3.99. The SMILES string of the molecule is Cc1nc2ccc(Br)cn2c1C(N)C(F)(F)F. The number of imidazole rings is 1. The summed E-state index contributed by atoms with van der Waals surface area (Å²) in [4.78, 5) is 4.05. The molecule has 1 unspecified atom stereocenters. The van der Waals surface area contributed by atoms with Crippen molar-refractivity contribution in [3.05, 3.63) is 34.2 Å². The Hall–Kier alpha value is -1.08. The molecule has 0 aliphatic heterocycles. The Balaban J connectivity index is 2.68. The first-order valence-electron chi connectivity index (χ1n) is 4.77. The molecule has 92 valence electrons. The normalized spacial score (nSPS) is 14.2. The molecule has 0 spiro atoms. The summed E-state index contributed by atoms with van der Waals surface area (Å²) in [5.41, 5.74) is 5.93. The van der Waals surface area contributed by atoms with E-state index in [-0.39, 0.29) is 11.4 Å². The Labute approximate surface area is 104 Å². The van der Waals surface area contributed by atoms with Gasteiger partial charge in [0.15, 0.2) is 0 Å². The van der Waals surface area contributed by atoms with Gasteiger partial charge in [-0.15, -0.1) is 0 Å². The molecule has 1 atom stereocenters. The molecule has 0 aromatic carbocycles. The summed E-state index contributed by atoms with van der Waals surface area (Å²) in [6, 6.07) is 1.31. The molecule has 0 radical (unpaired) electrons. The Kier molecular flexibility index (Phi) is 2.90. The third-order valence-electron chi connectivity index (χ3n) is 2.45. The quantitative estimate of drug-likeness (QED) is 0.880. The number of nitrogens with two attached hydrogens (primary N) is 1. The lowest BCUT2D eigenvalue weighted by molar-refractivity contribution is -0.150. The lowest BCUT2D eigenvalue weighted by Gasteiger charge is -2.16. The zero-order chi connectivity index (χ0) is 12.8. The Morgan fingerprint density at radius 1 is 1.41 bits per heavy atom. The van der Waals surface area contributed by atoms with Gasteiger partial charge >= 0.3 is 6.18 Å². The minimum Gasteiger partial charge on any atom is -0.315 e. The highest BCUT2D eigenvalue weighted by Gasteiger charge is 2.40. The fraction of sp³-hybridized carbons (Fsp3) is 0.300. The minimum atomic E-state index is -4.48. The van der Waals surface area contributed by atoms with E-state index in [4.69, 9.17) is 5.73 Å². The van der Waals surface area contributed by atoms with Crippen molar-refractivity contribution in [2.45, 2.75) is 19.1 Å². The second-order valence-corrected chi connectivity index (χ2v) is 4.59. The second-order valence-electron chi connectivity index (χ2n) is 3.68. The summed E-state index contributed by atoms with van der Waals surface area (Å²) < 4.78 is 40.0. The molecule has 2 aromatic rings. The maximum Gasteiger partial charge on any atom is 0.409 e. The van der Waals surface area contributed by atoms with Crippen LogP contribution in [0.3, 0.4) is 0 Å². The monoisotopic (exact) mass is 307 g/mol. The van der Waals surface area contributed by atoms with Crippen molar-refractivity contribution >= 4 is 21.6 Å². The van der Waals surface area contributed by atoms with Crippen LogP contribution in [0.15, 0.2) is 22.8 Å². The summed E-state index contributed by atoms with van der Waals surface area (Å²) in [7, 11) is 0. The Morgan fingerprint density at radius 3 is 2.65 bits per heavy atom. The molecule has 0 fully saturated rings. The summed E-state index contributed by atoms with van der Waals surface area (Å²) in [5.74, 6) is 0. The van der Waals surface area contributed by atoms with Gasteiger partial charge in [-0.3, -0.25) is 0 Å². The van der Waals surface area contributed by atoms with Crippen LogP contribution in [-0.2, 0) is 0 Å². The highest BCUT2D eigenvalue weighted by atomic mass is 79.9. The third kappa shape index (κ3) is 2.16. The molecule has 3 nitrogen and oxygen atoms in total. The molecule has 0 amide bonds. The maximum absolute atomic E-state index is 12.6. The minimum absolute atomic E-state index is 0.0335. The van der Waals surface area contributed by atoms with Crippen LogP contribution in [-0.4, -0.2) is 15.6 Å². The average molecular weight is 308 g/mol. The molecule has 2 aromatic heterocycles. The number of fused-ring (bicyclic) bond motifs is 1. The number of pyridine rings is 1. The molecule has 0 saturated carbocycles. The molecular weight excluding hydrogens is 299 g/mol. The summed E-state index contributed by atoms with van der Waals surface area (Å²) in [6.07, 6.45) is -2.96. The van der Waals surface area contributed by atoms with Crippen LogP contribution in [0, 0.1) is 6.92 Å². The van der Waals surface area contributed by atoms with Gasteiger partial charge < -0.3 is 10.1 Å². The largest absolute Gasteiger partial charge is 0.409 e. The van der Waals surface area contributed by atoms with E-state index in [9.17, 15) is 13.2 Å². The van der Waals surface area contributed by atoms with Crippen LogP contribution < -0.4 is 5.73 Å². The fourth-order valence-electron chi connectivity index (χ4n) is 1.68. The standard InChI is InChI=1S/C10H9BrF3N3/c1-5-8(9(15)10(12,13)14)17-4-6(11)2-3-7(17)16-5/h2-4,9H,15H2,1H3. The molecule has 2 N–H and O–H groups in total. The molecular formula is C10H9BrF3N3. The average Bonchev–Trinajstić information content (AvgIpc) is 2.51. The van der Waals surface area contributed by atoms with Gasteiger partial charge in [-0.2, -0.15) is 13.2 Å². The van der Waals surface area contributed by atoms with E-state index in [1.165, 1.54) is 17.5 Å². The molecule has 17 heavy (non-hydrogen) atoms. The highest BCUT2D eigenvalue weighted by molar-refractivity contribution is 9.10. The van der Waals surface area contributed by atoms with Gasteiger partial charge in [-0.1, -0.05) is 0 Å². The van der Waals surface area contributed by atoms with Crippen molar-refractivity contribution in [3.63, 3.8) is 0 Å². The van der Waals surface area contributed by atoms with Gasteiger partial charge in [0.1, 0.15) is 11.7 Å². The van der Waals surface area contributed by atoms with E-state index >= 15 is 0 Å². The summed E-state index contributed by atoms with van der Waals surface area (Å²) >= 11 is 3.20. The van der Waals surface area contributed by atoms with Gasteiger partial charge in [-0.05, 0) is 35.0 Å². The van der Waals surface area contributed by atoms with Crippen molar-refractivity contribution in [2.24, 2.45) is 5.73 Å². The lowest BCUT2D eigenvalue weighted by atomic mass is 10.2. The van der Waals surface area contributed by atoms with Crippen LogP contribution in [0.25, 0.3) is 5.65 Å². The maximum atomic E-state index is 12.6. The molecule has 0 aliphatic carbocycles. The number of halogens is 4. The summed E-state index contributed by atoms with van der Waals surface area (Å²) in [5, 5.41) is 0. The van der Waals surface area contributed by atoms with E-state index in [2.05, 4.69) is 20.9 Å². The lowest BCUT2D eigenvalue weighted by Crippen LogP contribution is -2.30. The van der Waals surface area contributed by atoms with Crippen LogP contribution in [0.5, 0.6) is 0 Å². The van der Waals surface area contributed by atoms with Crippen LogP contribution >= 0.6 is 15.9 Å². The molecule has 0 bridgehead atoms. The van der Waals surface area contributed by atoms with E-state index in [0.717, 1.165) is 0 Å². The van der Waals surface area contributed by atoms with E-state index in [1.54, 1.807) is 12.1 Å². The van der Waals surface area contributed by atoms with Gasteiger partial charge in [0, 0.05) is 10.7 Å². The summed E-state index contributed by atoms with van der Waals surface area (Å²) in [6.45, 7) is 1.52. The molecule has 0 saturated heterocycles. The first-order chi connectivity index (χ1) is 7.80. The Morgan fingerprint density at radius 2 is 2.06 bits per heavy atom. The first kappa shape index (κ1) is 12.4. The van der Waals surface area contributed by atoms with Crippen molar-refractivity contribution in [1.29, 1.82) is 0 Å². The van der Waals surface area contributed by atoms with Crippen LogP contribution in [0.1, 0.15) is 17.4 Å². The fourth-order valence-corrected chi connectivity index (χ4v) is 2.02. The predicted molar refractivity (Wildman–Crippen MR) is 60.6 cm³/mol. The van der Waals surface area contributed by atoms with Crippen molar-refractivity contribution in [1.82, 2.24) is 9.38 Å². The van der Waals surface area contributed by atoms with Crippen LogP contribution in [0.2, 0.25) is 0 Å². The van der Waals surface area contributed by atoms with Crippen molar-refractivity contribution < 1.29 is 13.2 Å². The van der Waals surface area contributed by atoms with Gasteiger partial charge in [0.05, 0.1) is 11.4 Å². The number of hydrogen-bond donors (Lipinski definition) is 1. The number of aryl methyl sites for hydroxylation is 1. The number of rotatable bonds is 1. The van der Waals surface area contributed by atoms with Crippen molar-refractivity contribution in [3.8, 4) is 0 Å². The van der Waals surface area contributed by atoms with Crippen molar-refractivity contribution in [2.75, 3.05) is 0 Å². The molecule has 0 aliphatic rings. The topological polar surface area (TPSA) is 43.3 Å². The number of aromatic nitrogens is 2. The van der Waals surface area contributed by atoms with E-state index < -0.39 is 12.2 Å². The first-order valence-corrected chi connectivity index (χ1v) is 5.56. The number of alkyl halides is 3. The third-order valence-corrected chi connectivity index (χ3v) is 2.92. The predicted octanol–water partition coefficient (Wildman–Crippen LogP) is 2.97. The van der Waals surface area contributed by atoms with Gasteiger partial charge in [0.2, 0.25) is 0 Å². The Bertz CT molecular complexity index is 562. The molecule has 7 heteroatoms. The number of nitrogens with zero attached hydrogens (tertiary/aromatic N) is 2. The van der Waals surface area contributed by atoms with Crippen LogP contribution in [0.4, 0.5) is 13.2 Å². The zero-order valence-electron chi connectivity index (χ0n) is 8.79. The highest BCUT2D eigenvalue weighted by Crippen LogP contribution is 2.32. The molecule has 2 heterocycles. The smallest absolute Gasteiger partial charge is 0.315 e. The number of hydrogen-bond acceptors (Lipinski definition) is 2. The zero-order valence-corrected chi connectivity index (χ0v) is 10.4. The van der Waals surface area contributed by atoms with E-state index in [1.807, 2.05) is 0 Å². The van der Waals surface area contributed by atoms with Gasteiger partial charge in [0.25, 0.3) is 0 Å². The molecule has 2 rings (SSSR count). The van der Waals surface area contributed by atoms with E-state index in [0.29, 0.717) is 10.1 Å².